The second-order valence-electron chi connectivity index (χ2n) is 7.13. The monoisotopic (exact) mass is 457 g/mol. The Bertz CT molecular complexity index is 1120. The van der Waals surface area contributed by atoms with Crippen molar-refractivity contribution in [3.8, 4) is 6.07 Å². The van der Waals surface area contributed by atoms with Gasteiger partial charge in [-0.05, 0) is 48.9 Å². The maximum atomic E-state index is 13.4. The van der Waals surface area contributed by atoms with Crippen molar-refractivity contribution in [3.05, 3.63) is 59.2 Å². The Morgan fingerprint density at radius 2 is 1.50 bits per heavy atom. The lowest BCUT2D eigenvalue weighted by Crippen LogP contribution is -2.35. The number of anilines is 1. The highest BCUT2D eigenvalue weighted by molar-refractivity contribution is 7.89. The van der Waals surface area contributed by atoms with Crippen molar-refractivity contribution in [1.82, 2.24) is 4.31 Å². The third-order valence-electron chi connectivity index (χ3n) is 5.20. The van der Waals surface area contributed by atoms with Crippen LogP contribution in [0.25, 0.3) is 0 Å². The summed E-state index contributed by atoms with van der Waals surface area (Å²) in [6, 6.07) is 12.9. The van der Waals surface area contributed by atoms with Gasteiger partial charge in [0.05, 0.1) is 41.9 Å². The zero-order valence-corrected chi connectivity index (χ0v) is 18.6. The number of carbonyl (C=O) groups excluding carboxylic acids is 2. The predicted molar refractivity (Wildman–Crippen MR) is 116 cm³/mol. The molecule has 2 aromatic rings. The van der Waals surface area contributed by atoms with Gasteiger partial charge in [0.15, 0.2) is 0 Å². The van der Waals surface area contributed by atoms with E-state index in [0.717, 1.165) is 5.69 Å². The molecule has 0 bridgehead atoms. The molecule has 168 valence electrons. The largest absolute Gasteiger partial charge is 0.465 e. The van der Waals surface area contributed by atoms with Crippen LogP contribution in [0.2, 0.25) is 0 Å². The van der Waals surface area contributed by atoms with Crippen molar-refractivity contribution >= 4 is 27.6 Å². The number of benzene rings is 2. The van der Waals surface area contributed by atoms with Gasteiger partial charge in [-0.2, -0.15) is 9.57 Å². The van der Waals surface area contributed by atoms with Crippen molar-refractivity contribution in [2.24, 2.45) is 0 Å². The predicted octanol–water partition coefficient (Wildman–Crippen LogP) is 2.03. The van der Waals surface area contributed by atoms with Gasteiger partial charge in [0.2, 0.25) is 10.0 Å². The second kappa shape index (κ2) is 9.80. The number of ether oxygens (including phenoxy) is 2. The summed E-state index contributed by atoms with van der Waals surface area (Å²) in [5.74, 6) is -1.51. The molecule has 10 heteroatoms. The number of rotatable bonds is 5. The first-order valence-corrected chi connectivity index (χ1v) is 11.3. The molecule has 0 amide bonds. The highest BCUT2D eigenvalue weighted by atomic mass is 32.2. The van der Waals surface area contributed by atoms with Gasteiger partial charge in [0.1, 0.15) is 0 Å². The Kier molecular flexibility index (Phi) is 7.12. The topological polar surface area (TPSA) is 117 Å². The minimum atomic E-state index is -3.98. The van der Waals surface area contributed by atoms with E-state index < -0.39 is 22.0 Å². The SMILES string of the molecule is COC(=O)c1cc(C(=O)OC)cc(S(=O)(=O)N2CCCN(c3ccc(C#N)cc3)CC2)c1. The summed E-state index contributed by atoms with van der Waals surface area (Å²) >= 11 is 0. The van der Waals surface area contributed by atoms with Gasteiger partial charge >= 0.3 is 11.9 Å². The molecule has 2 aromatic carbocycles. The number of methoxy groups -OCH3 is 2. The summed E-state index contributed by atoms with van der Waals surface area (Å²) in [5.41, 5.74) is 1.36. The molecule has 1 aliphatic rings. The van der Waals surface area contributed by atoms with Crippen LogP contribution in [0.1, 0.15) is 32.7 Å². The maximum absolute atomic E-state index is 13.4. The highest BCUT2D eigenvalue weighted by Gasteiger charge is 2.29. The van der Waals surface area contributed by atoms with E-state index in [1.54, 1.807) is 12.1 Å². The van der Waals surface area contributed by atoms with Crippen molar-refractivity contribution in [2.75, 3.05) is 45.3 Å². The Hall–Kier alpha value is -3.42. The van der Waals surface area contributed by atoms with Gasteiger partial charge in [-0.15, -0.1) is 0 Å². The summed E-state index contributed by atoms with van der Waals surface area (Å²) in [6.45, 7) is 1.60. The quantitative estimate of drug-likeness (QED) is 0.626. The van der Waals surface area contributed by atoms with E-state index in [4.69, 9.17) is 14.7 Å². The number of nitriles is 1. The first-order chi connectivity index (χ1) is 15.3. The number of hydrogen-bond acceptors (Lipinski definition) is 8. The summed E-state index contributed by atoms with van der Waals surface area (Å²) in [4.78, 5) is 25.9. The van der Waals surface area contributed by atoms with Crippen LogP contribution in [0.5, 0.6) is 0 Å². The molecule has 0 atom stereocenters. The molecule has 0 aliphatic carbocycles. The molecule has 1 aliphatic heterocycles. The Labute approximate surface area is 186 Å². The van der Waals surface area contributed by atoms with Crippen LogP contribution in [0.3, 0.4) is 0 Å². The normalized spacial score (nSPS) is 14.8. The van der Waals surface area contributed by atoms with Crippen LogP contribution in [-0.4, -0.2) is 65.1 Å². The zero-order valence-electron chi connectivity index (χ0n) is 17.8. The van der Waals surface area contributed by atoms with Crippen molar-refractivity contribution in [1.29, 1.82) is 5.26 Å². The molecule has 0 aromatic heterocycles. The smallest absolute Gasteiger partial charge is 0.337 e. The molecule has 1 heterocycles. The lowest BCUT2D eigenvalue weighted by molar-refractivity contribution is 0.0598. The third-order valence-corrected chi connectivity index (χ3v) is 7.08. The van der Waals surface area contributed by atoms with Gasteiger partial charge in [-0.25, -0.2) is 18.0 Å². The van der Waals surface area contributed by atoms with Crippen molar-refractivity contribution in [3.63, 3.8) is 0 Å². The first kappa shape index (κ1) is 23.2. The Morgan fingerprint density at radius 1 is 0.906 bits per heavy atom. The molecule has 0 N–H and O–H groups in total. The van der Waals surface area contributed by atoms with E-state index in [-0.39, 0.29) is 29.1 Å². The van der Waals surface area contributed by atoms with Gasteiger partial charge in [-0.3, -0.25) is 0 Å². The average Bonchev–Trinajstić information content (AvgIpc) is 3.09. The minimum absolute atomic E-state index is 0.0528. The standard InChI is InChI=1S/C22H23N3O6S/c1-30-21(26)17-12-18(22(27)31-2)14-20(13-17)32(28,29)25-9-3-8-24(10-11-25)19-6-4-16(15-23)5-7-19/h4-7,12-14H,3,8-11H2,1-2H3. The van der Waals surface area contributed by atoms with E-state index >= 15 is 0 Å². The van der Waals surface area contributed by atoms with Crippen molar-refractivity contribution in [2.45, 2.75) is 11.3 Å². The number of esters is 2. The molecular formula is C22H23N3O6S. The summed E-state index contributed by atoms with van der Waals surface area (Å²) in [6.07, 6.45) is 0.583. The Morgan fingerprint density at radius 3 is 2.03 bits per heavy atom. The van der Waals surface area contributed by atoms with Gasteiger partial charge in [0.25, 0.3) is 0 Å². The summed E-state index contributed by atoms with van der Waals surface area (Å²) in [5, 5.41) is 8.96. The molecule has 1 fully saturated rings. The fourth-order valence-electron chi connectivity index (χ4n) is 3.51. The molecule has 32 heavy (non-hydrogen) atoms. The van der Waals surface area contributed by atoms with Gasteiger partial charge < -0.3 is 14.4 Å². The molecule has 0 unspecified atom stereocenters. The maximum Gasteiger partial charge on any atom is 0.337 e. The number of hydrogen-bond donors (Lipinski definition) is 0. The van der Waals surface area contributed by atoms with Crippen LogP contribution < -0.4 is 4.90 Å². The van der Waals surface area contributed by atoms with E-state index in [0.29, 0.717) is 25.1 Å². The molecule has 3 rings (SSSR count). The van der Waals surface area contributed by atoms with E-state index in [1.807, 2.05) is 12.1 Å². The fraction of sp³-hybridized carbons (Fsp3) is 0.318. The fourth-order valence-corrected chi connectivity index (χ4v) is 5.05. The number of nitrogens with zero attached hydrogens (tertiary/aromatic N) is 3. The molecule has 0 radical (unpaired) electrons. The third kappa shape index (κ3) is 4.90. The van der Waals surface area contributed by atoms with Crippen molar-refractivity contribution < 1.29 is 27.5 Å². The highest BCUT2D eigenvalue weighted by Crippen LogP contribution is 2.24. The summed E-state index contributed by atoms with van der Waals surface area (Å²) in [7, 11) is -1.63. The van der Waals surface area contributed by atoms with Gasteiger partial charge in [-0.1, -0.05) is 0 Å². The van der Waals surface area contributed by atoms with E-state index in [2.05, 4.69) is 11.0 Å². The molecule has 0 saturated carbocycles. The lowest BCUT2D eigenvalue weighted by atomic mass is 10.1. The minimum Gasteiger partial charge on any atom is -0.465 e. The number of sulfonamides is 1. The van der Waals surface area contributed by atoms with Crippen LogP contribution in [0.4, 0.5) is 5.69 Å². The second-order valence-corrected chi connectivity index (χ2v) is 9.07. The number of carbonyl (C=O) groups is 2. The molecule has 9 nitrogen and oxygen atoms in total. The molecule has 1 saturated heterocycles. The van der Waals surface area contributed by atoms with Crippen LogP contribution in [-0.2, 0) is 19.5 Å². The van der Waals surface area contributed by atoms with Gasteiger partial charge in [0, 0.05) is 31.9 Å². The van der Waals surface area contributed by atoms with E-state index in [9.17, 15) is 18.0 Å². The Balaban J connectivity index is 1.88. The zero-order chi connectivity index (χ0) is 23.3. The van der Waals surface area contributed by atoms with Crippen LogP contribution in [0.15, 0.2) is 47.4 Å². The lowest BCUT2D eigenvalue weighted by Gasteiger charge is -2.23. The van der Waals surface area contributed by atoms with E-state index in [1.165, 1.54) is 36.7 Å². The molecule has 0 spiro atoms. The first-order valence-electron chi connectivity index (χ1n) is 9.87. The van der Waals surface area contributed by atoms with Crippen LogP contribution in [0, 0.1) is 11.3 Å². The average molecular weight is 458 g/mol. The summed E-state index contributed by atoms with van der Waals surface area (Å²) < 4.78 is 37.4. The van der Waals surface area contributed by atoms with Crippen LogP contribution >= 0.6 is 0 Å². The molecular weight excluding hydrogens is 434 g/mol.